The second kappa shape index (κ2) is 5.52. The van der Waals surface area contributed by atoms with Gasteiger partial charge in [-0.2, -0.15) is 0 Å². The lowest BCUT2D eigenvalue weighted by molar-refractivity contribution is -0.137. The van der Waals surface area contributed by atoms with Gasteiger partial charge in [0.15, 0.2) is 0 Å². The van der Waals surface area contributed by atoms with Crippen molar-refractivity contribution in [2.45, 2.75) is 12.8 Å². The van der Waals surface area contributed by atoms with Crippen molar-refractivity contribution >= 4 is 23.5 Å². The van der Waals surface area contributed by atoms with Crippen molar-refractivity contribution in [2.24, 2.45) is 5.92 Å². The molecule has 0 radical (unpaired) electrons. The number of carboxylic acids is 1. The van der Waals surface area contributed by atoms with Gasteiger partial charge in [-0.05, 0) is 24.8 Å². The number of aromatic nitrogens is 1. The SMILES string of the molecule is O=C(O)CN(CC1CC1)C(=O)c1cc(F)cnc1Cl. The number of carbonyl (C=O) groups is 2. The van der Waals surface area contributed by atoms with Crippen LogP contribution in [0.1, 0.15) is 23.2 Å². The van der Waals surface area contributed by atoms with Crippen molar-refractivity contribution in [2.75, 3.05) is 13.1 Å². The van der Waals surface area contributed by atoms with Crippen molar-refractivity contribution in [3.8, 4) is 0 Å². The molecule has 102 valence electrons. The van der Waals surface area contributed by atoms with Crippen molar-refractivity contribution < 1.29 is 19.1 Å². The van der Waals surface area contributed by atoms with Gasteiger partial charge in [-0.3, -0.25) is 9.59 Å². The summed E-state index contributed by atoms with van der Waals surface area (Å²) in [5.74, 6) is -2.08. The molecular weight excluding hydrogens is 275 g/mol. The Balaban J connectivity index is 2.21. The van der Waals surface area contributed by atoms with Crippen LogP contribution in [0.25, 0.3) is 0 Å². The number of carboxylic acid groups (broad SMARTS) is 1. The first-order valence-electron chi connectivity index (χ1n) is 5.79. The smallest absolute Gasteiger partial charge is 0.323 e. The Morgan fingerprint density at radius 1 is 1.53 bits per heavy atom. The minimum absolute atomic E-state index is 0.108. The second-order valence-corrected chi connectivity index (χ2v) is 4.87. The van der Waals surface area contributed by atoms with Gasteiger partial charge in [0.05, 0.1) is 11.8 Å². The normalized spacial score (nSPS) is 14.2. The maximum Gasteiger partial charge on any atom is 0.323 e. The fraction of sp³-hybridized carbons (Fsp3) is 0.417. The molecule has 1 aromatic rings. The third-order valence-corrected chi connectivity index (χ3v) is 3.13. The summed E-state index contributed by atoms with van der Waals surface area (Å²) >= 11 is 5.75. The standard InChI is InChI=1S/C12H12ClFN2O3/c13-11-9(3-8(14)4-15-11)12(19)16(6-10(17)18)5-7-1-2-7/h3-4,7H,1-2,5-6H2,(H,17,18). The molecule has 1 aromatic heterocycles. The van der Waals surface area contributed by atoms with Crippen LogP contribution in [0.15, 0.2) is 12.3 Å². The van der Waals surface area contributed by atoms with E-state index in [2.05, 4.69) is 4.98 Å². The number of hydrogen-bond donors (Lipinski definition) is 1. The summed E-state index contributed by atoms with van der Waals surface area (Å²) in [5, 5.41) is 8.69. The molecule has 0 atom stereocenters. The summed E-state index contributed by atoms with van der Waals surface area (Å²) in [7, 11) is 0. The lowest BCUT2D eigenvalue weighted by atomic mass is 10.2. The molecule has 1 heterocycles. The topological polar surface area (TPSA) is 70.5 Å². The summed E-state index contributed by atoms with van der Waals surface area (Å²) in [6.45, 7) is -0.0832. The Labute approximate surface area is 114 Å². The van der Waals surface area contributed by atoms with Crippen LogP contribution >= 0.6 is 11.6 Å². The molecule has 0 aliphatic heterocycles. The number of rotatable bonds is 5. The fourth-order valence-corrected chi connectivity index (χ4v) is 1.92. The number of aliphatic carboxylic acids is 1. The van der Waals surface area contributed by atoms with E-state index in [1.165, 1.54) is 4.90 Å². The maximum absolute atomic E-state index is 13.1. The van der Waals surface area contributed by atoms with Gasteiger partial charge in [-0.25, -0.2) is 9.37 Å². The van der Waals surface area contributed by atoms with E-state index >= 15 is 0 Å². The minimum atomic E-state index is -1.12. The lowest BCUT2D eigenvalue weighted by Gasteiger charge is -2.20. The molecule has 0 spiro atoms. The molecule has 0 aromatic carbocycles. The van der Waals surface area contributed by atoms with E-state index in [0.29, 0.717) is 12.5 Å². The molecule has 19 heavy (non-hydrogen) atoms. The van der Waals surface area contributed by atoms with Crippen LogP contribution in [0.5, 0.6) is 0 Å². The van der Waals surface area contributed by atoms with E-state index in [4.69, 9.17) is 16.7 Å². The van der Waals surface area contributed by atoms with Gasteiger partial charge in [-0.1, -0.05) is 11.6 Å². The van der Waals surface area contributed by atoms with Crippen LogP contribution in [0.4, 0.5) is 4.39 Å². The Morgan fingerprint density at radius 2 is 2.21 bits per heavy atom. The Hall–Kier alpha value is -1.69. The van der Waals surface area contributed by atoms with Crippen molar-refractivity contribution in [1.82, 2.24) is 9.88 Å². The summed E-state index contributed by atoms with van der Waals surface area (Å²) in [6, 6.07) is 0.972. The molecule has 0 bridgehead atoms. The highest BCUT2D eigenvalue weighted by atomic mass is 35.5. The van der Waals surface area contributed by atoms with Crippen LogP contribution < -0.4 is 0 Å². The first-order valence-corrected chi connectivity index (χ1v) is 6.17. The molecule has 5 nitrogen and oxygen atoms in total. The van der Waals surface area contributed by atoms with Crippen molar-refractivity contribution in [3.05, 3.63) is 28.8 Å². The molecule has 0 saturated heterocycles. The van der Waals surface area contributed by atoms with Gasteiger partial charge < -0.3 is 10.0 Å². The van der Waals surface area contributed by atoms with Gasteiger partial charge in [0, 0.05) is 6.54 Å². The van der Waals surface area contributed by atoms with Crippen LogP contribution in [0.2, 0.25) is 5.15 Å². The molecule has 1 amide bonds. The first kappa shape index (κ1) is 13.7. The zero-order valence-corrected chi connectivity index (χ0v) is 10.7. The molecular formula is C12H12ClFN2O3. The van der Waals surface area contributed by atoms with Gasteiger partial charge >= 0.3 is 5.97 Å². The van der Waals surface area contributed by atoms with E-state index in [1.807, 2.05) is 0 Å². The summed E-state index contributed by atoms with van der Waals surface area (Å²) < 4.78 is 13.1. The summed E-state index contributed by atoms with van der Waals surface area (Å²) in [5.41, 5.74) is -0.108. The second-order valence-electron chi connectivity index (χ2n) is 4.51. The monoisotopic (exact) mass is 286 g/mol. The number of carbonyl (C=O) groups excluding carboxylic acids is 1. The molecule has 0 unspecified atom stereocenters. The summed E-state index contributed by atoms with van der Waals surface area (Å²) in [4.78, 5) is 27.7. The predicted molar refractivity (Wildman–Crippen MR) is 65.5 cm³/mol. The molecule has 1 aliphatic carbocycles. The molecule has 2 rings (SSSR count). The highest BCUT2D eigenvalue weighted by molar-refractivity contribution is 6.32. The molecule has 7 heteroatoms. The zero-order chi connectivity index (χ0) is 14.0. The van der Waals surface area contributed by atoms with E-state index in [0.717, 1.165) is 25.1 Å². The van der Waals surface area contributed by atoms with Gasteiger partial charge in [0.1, 0.15) is 17.5 Å². The number of amides is 1. The van der Waals surface area contributed by atoms with Gasteiger partial charge in [0.25, 0.3) is 5.91 Å². The van der Waals surface area contributed by atoms with Gasteiger partial charge in [-0.15, -0.1) is 0 Å². The van der Waals surface area contributed by atoms with E-state index in [9.17, 15) is 14.0 Å². The number of hydrogen-bond acceptors (Lipinski definition) is 3. The molecule has 1 saturated carbocycles. The Bertz CT molecular complexity index is 520. The number of pyridine rings is 1. The quantitative estimate of drug-likeness (QED) is 0.838. The van der Waals surface area contributed by atoms with Crippen LogP contribution in [-0.2, 0) is 4.79 Å². The summed E-state index contributed by atoms with van der Waals surface area (Å²) in [6.07, 6.45) is 2.85. The number of nitrogens with zero attached hydrogens (tertiary/aromatic N) is 2. The van der Waals surface area contributed by atoms with E-state index in [1.54, 1.807) is 0 Å². The zero-order valence-electron chi connectivity index (χ0n) is 9.97. The van der Waals surface area contributed by atoms with Crippen LogP contribution in [0, 0.1) is 11.7 Å². The minimum Gasteiger partial charge on any atom is -0.480 e. The average Bonchev–Trinajstić information content (AvgIpc) is 3.14. The van der Waals surface area contributed by atoms with Gasteiger partial charge in [0.2, 0.25) is 0 Å². The fourth-order valence-electron chi connectivity index (χ4n) is 1.74. The molecule has 1 aliphatic rings. The number of halogens is 2. The Morgan fingerprint density at radius 3 is 2.79 bits per heavy atom. The highest BCUT2D eigenvalue weighted by Gasteiger charge is 2.29. The Kier molecular flexibility index (Phi) is 3.99. The molecule has 1 fully saturated rings. The predicted octanol–water partition coefficient (Wildman–Crippen LogP) is 1.81. The van der Waals surface area contributed by atoms with E-state index in [-0.39, 0.29) is 10.7 Å². The third kappa shape index (κ3) is 3.64. The maximum atomic E-state index is 13.1. The molecule has 1 N–H and O–H groups in total. The third-order valence-electron chi connectivity index (χ3n) is 2.82. The average molecular weight is 287 g/mol. The largest absolute Gasteiger partial charge is 0.480 e. The first-order chi connectivity index (χ1) is 8.97. The van der Waals surface area contributed by atoms with Crippen molar-refractivity contribution in [3.63, 3.8) is 0 Å². The lowest BCUT2D eigenvalue weighted by Crippen LogP contribution is -2.37. The van der Waals surface area contributed by atoms with Crippen LogP contribution in [0.3, 0.4) is 0 Å². The van der Waals surface area contributed by atoms with Crippen LogP contribution in [-0.4, -0.2) is 40.0 Å². The highest BCUT2D eigenvalue weighted by Crippen LogP contribution is 2.30. The van der Waals surface area contributed by atoms with E-state index < -0.39 is 24.2 Å². The van der Waals surface area contributed by atoms with Crippen molar-refractivity contribution in [1.29, 1.82) is 0 Å².